The van der Waals surface area contributed by atoms with Crippen LogP contribution in [0.1, 0.15) is 38.8 Å². The molecule has 156 valence electrons. The monoisotopic (exact) mass is 421 g/mol. The molecule has 0 bridgehead atoms. The second-order valence-electron chi connectivity index (χ2n) is 6.86. The van der Waals surface area contributed by atoms with Crippen LogP contribution in [-0.4, -0.2) is 31.6 Å². The number of carbonyl (C=O) groups is 2. The van der Waals surface area contributed by atoms with Crippen molar-refractivity contribution in [3.8, 4) is 0 Å². The minimum atomic E-state index is -4.03. The Labute approximate surface area is 170 Å². The molecule has 0 radical (unpaired) electrons. The van der Waals surface area contributed by atoms with Crippen molar-refractivity contribution >= 4 is 21.7 Å². The summed E-state index contributed by atoms with van der Waals surface area (Å²) in [4.78, 5) is 24.7. The van der Waals surface area contributed by atoms with Crippen LogP contribution in [0.3, 0.4) is 0 Å². The van der Waals surface area contributed by atoms with Gasteiger partial charge in [-0.1, -0.05) is 30.3 Å². The first-order valence-corrected chi connectivity index (χ1v) is 10.7. The summed E-state index contributed by atoms with van der Waals surface area (Å²) in [5.74, 6) is -1.85. The predicted molar refractivity (Wildman–Crippen MR) is 106 cm³/mol. The van der Waals surface area contributed by atoms with E-state index in [0.717, 1.165) is 24.3 Å². The highest BCUT2D eigenvalue weighted by molar-refractivity contribution is 7.92. The molecule has 0 saturated carbocycles. The summed E-state index contributed by atoms with van der Waals surface area (Å²) in [5.41, 5.74) is 0.646. The second-order valence-corrected chi connectivity index (χ2v) is 9.12. The van der Waals surface area contributed by atoms with Gasteiger partial charge < -0.3 is 10.1 Å². The molecule has 8 heteroatoms. The molecular weight excluding hydrogens is 397 g/mol. The Hall–Kier alpha value is -2.74. The number of nitrogens with one attached hydrogen (secondary N) is 1. The Morgan fingerprint density at radius 3 is 2.14 bits per heavy atom. The van der Waals surface area contributed by atoms with Crippen LogP contribution < -0.4 is 5.32 Å². The summed E-state index contributed by atoms with van der Waals surface area (Å²) in [5, 5.41) is 1.20. The molecule has 2 aromatic carbocycles. The number of esters is 1. The lowest BCUT2D eigenvalue weighted by Gasteiger charge is -2.21. The second kappa shape index (κ2) is 9.65. The highest BCUT2D eigenvalue weighted by Gasteiger charge is 2.32. The third-order valence-electron chi connectivity index (χ3n) is 4.23. The fraction of sp³-hybridized carbons (Fsp3) is 0.333. The largest absolute Gasteiger partial charge is 0.463 e. The first-order chi connectivity index (χ1) is 13.6. The molecule has 0 fully saturated rings. The van der Waals surface area contributed by atoms with Gasteiger partial charge in [-0.2, -0.15) is 0 Å². The fourth-order valence-electron chi connectivity index (χ4n) is 2.67. The van der Waals surface area contributed by atoms with E-state index in [2.05, 4.69) is 5.32 Å². The zero-order valence-electron chi connectivity index (χ0n) is 16.5. The van der Waals surface area contributed by atoms with E-state index in [9.17, 15) is 22.4 Å². The Morgan fingerprint density at radius 2 is 1.59 bits per heavy atom. The number of hydrogen-bond acceptors (Lipinski definition) is 5. The molecule has 1 N–H and O–H groups in total. The van der Waals surface area contributed by atoms with E-state index in [-0.39, 0.29) is 17.4 Å². The predicted octanol–water partition coefficient (Wildman–Crippen LogP) is 3.19. The maximum atomic E-state index is 13.1. The number of halogens is 1. The van der Waals surface area contributed by atoms with Gasteiger partial charge >= 0.3 is 5.97 Å². The Kier molecular flexibility index (Phi) is 7.50. The maximum absolute atomic E-state index is 13.1. The van der Waals surface area contributed by atoms with Crippen molar-refractivity contribution < 1.29 is 27.1 Å². The molecule has 0 spiro atoms. The zero-order valence-corrected chi connectivity index (χ0v) is 17.3. The number of amides is 1. The third kappa shape index (κ3) is 6.12. The minimum absolute atomic E-state index is 0.142. The van der Waals surface area contributed by atoms with E-state index in [1.54, 1.807) is 44.2 Å². The summed E-state index contributed by atoms with van der Waals surface area (Å²) in [6.45, 7) is 4.68. The van der Waals surface area contributed by atoms with Crippen LogP contribution >= 0.6 is 0 Å². The van der Waals surface area contributed by atoms with Gasteiger partial charge in [-0.05, 0) is 50.6 Å². The molecule has 0 saturated heterocycles. The molecule has 2 rings (SSSR count). The lowest BCUT2D eigenvalue weighted by Crippen LogP contribution is -2.40. The van der Waals surface area contributed by atoms with Crippen LogP contribution in [0, 0.1) is 5.82 Å². The Bertz CT molecular complexity index is 943. The Balaban J connectivity index is 2.21. The van der Waals surface area contributed by atoms with E-state index in [1.807, 2.05) is 0 Å². The highest BCUT2D eigenvalue weighted by Crippen LogP contribution is 2.21. The van der Waals surface area contributed by atoms with Crippen LogP contribution in [-0.2, 0) is 24.2 Å². The molecule has 2 aromatic rings. The number of hydrogen-bond donors (Lipinski definition) is 1. The van der Waals surface area contributed by atoms with Gasteiger partial charge in [-0.25, -0.2) is 12.8 Å². The molecule has 0 aromatic heterocycles. The van der Waals surface area contributed by atoms with Crippen molar-refractivity contribution in [2.45, 2.75) is 49.5 Å². The molecular formula is C21H24FNO5S. The normalized spacial score (nSPS) is 13.6. The van der Waals surface area contributed by atoms with Crippen molar-refractivity contribution in [3.05, 3.63) is 66.0 Å². The van der Waals surface area contributed by atoms with Gasteiger partial charge in [0.15, 0.2) is 9.84 Å². The number of carbonyl (C=O) groups excluding carboxylic acids is 2. The molecule has 1 amide bonds. The van der Waals surface area contributed by atoms with Gasteiger partial charge in [0, 0.05) is 0 Å². The standard InChI is InChI=1S/C21H24FNO5S/c1-14(2)28-20(24)13-19(16-7-5-4-6-8-16)23-21(25)15(3)29(26,27)18-11-9-17(22)10-12-18/h4-12,14-15,19H,13H2,1-3H3,(H,23,25)/t15-,19-/m0/s1. The Morgan fingerprint density at radius 1 is 1.00 bits per heavy atom. The summed E-state index contributed by atoms with van der Waals surface area (Å²) < 4.78 is 43.6. The lowest BCUT2D eigenvalue weighted by molar-refractivity contribution is -0.148. The molecule has 0 aliphatic heterocycles. The van der Waals surface area contributed by atoms with Crippen molar-refractivity contribution in [2.24, 2.45) is 0 Å². The lowest BCUT2D eigenvalue weighted by atomic mass is 10.0. The van der Waals surface area contributed by atoms with Gasteiger partial charge in [0.2, 0.25) is 5.91 Å². The van der Waals surface area contributed by atoms with Gasteiger partial charge in [0.25, 0.3) is 0 Å². The van der Waals surface area contributed by atoms with Crippen LogP contribution in [0.5, 0.6) is 0 Å². The van der Waals surface area contributed by atoms with Gasteiger partial charge in [0.1, 0.15) is 11.1 Å². The highest BCUT2D eigenvalue weighted by atomic mass is 32.2. The summed E-state index contributed by atoms with van der Waals surface area (Å²) >= 11 is 0. The molecule has 0 aliphatic carbocycles. The van der Waals surface area contributed by atoms with Crippen LogP contribution in [0.15, 0.2) is 59.5 Å². The van der Waals surface area contributed by atoms with Crippen molar-refractivity contribution in [2.75, 3.05) is 0 Å². The maximum Gasteiger partial charge on any atom is 0.308 e. The van der Waals surface area contributed by atoms with Gasteiger partial charge in [-0.15, -0.1) is 0 Å². The molecule has 6 nitrogen and oxygen atoms in total. The average Bonchev–Trinajstić information content (AvgIpc) is 2.67. The van der Waals surface area contributed by atoms with Crippen molar-refractivity contribution in [1.82, 2.24) is 5.32 Å². The third-order valence-corrected chi connectivity index (χ3v) is 6.31. The summed E-state index contributed by atoms with van der Waals surface area (Å²) in [6.07, 6.45) is -0.454. The molecule has 0 aliphatic rings. The van der Waals surface area contributed by atoms with E-state index >= 15 is 0 Å². The molecule has 2 atom stereocenters. The van der Waals surface area contributed by atoms with Gasteiger partial charge in [0.05, 0.1) is 23.5 Å². The molecule has 0 heterocycles. The van der Waals surface area contributed by atoms with E-state index in [1.165, 1.54) is 6.92 Å². The van der Waals surface area contributed by atoms with Crippen LogP contribution in [0.4, 0.5) is 4.39 Å². The van der Waals surface area contributed by atoms with Crippen LogP contribution in [0.2, 0.25) is 0 Å². The van der Waals surface area contributed by atoms with E-state index in [0.29, 0.717) is 5.56 Å². The minimum Gasteiger partial charge on any atom is -0.463 e. The van der Waals surface area contributed by atoms with Crippen molar-refractivity contribution in [1.29, 1.82) is 0 Å². The quantitative estimate of drug-likeness (QED) is 0.522. The number of ether oxygens (including phenoxy) is 1. The fourth-order valence-corrected chi connectivity index (χ4v) is 3.95. The SMILES string of the molecule is CC(C)OC(=O)C[C@H](NC(=O)[C@H](C)S(=O)(=O)c1ccc(F)cc1)c1ccccc1. The number of sulfone groups is 1. The van der Waals surface area contributed by atoms with Crippen molar-refractivity contribution in [3.63, 3.8) is 0 Å². The summed E-state index contributed by atoms with van der Waals surface area (Å²) in [6, 6.07) is 12.3. The molecule has 0 unspecified atom stereocenters. The van der Waals surface area contributed by atoms with Crippen LogP contribution in [0.25, 0.3) is 0 Å². The van der Waals surface area contributed by atoms with Gasteiger partial charge in [-0.3, -0.25) is 9.59 Å². The first-order valence-electron chi connectivity index (χ1n) is 9.15. The van der Waals surface area contributed by atoms with E-state index < -0.39 is 38.8 Å². The topological polar surface area (TPSA) is 89.5 Å². The smallest absolute Gasteiger partial charge is 0.308 e. The average molecular weight is 421 g/mol. The number of benzene rings is 2. The first kappa shape index (κ1) is 22.5. The summed E-state index contributed by atoms with van der Waals surface area (Å²) in [7, 11) is -4.03. The zero-order chi connectivity index (χ0) is 21.6. The van der Waals surface area contributed by atoms with E-state index in [4.69, 9.17) is 4.74 Å². The molecule has 29 heavy (non-hydrogen) atoms. The number of rotatable bonds is 8.